The predicted molar refractivity (Wildman–Crippen MR) is 105 cm³/mol. The average Bonchev–Trinajstić information content (AvgIpc) is 3.21. The topological polar surface area (TPSA) is 69.0 Å². The molecule has 1 aliphatic rings. The van der Waals surface area contributed by atoms with Crippen LogP contribution in [0, 0.1) is 6.92 Å². The summed E-state index contributed by atoms with van der Waals surface area (Å²) in [5.41, 5.74) is 2.37. The van der Waals surface area contributed by atoms with Gasteiger partial charge in [-0.3, -0.25) is 4.79 Å². The van der Waals surface area contributed by atoms with Gasteiger partial charge in [-0.1, -0.05) is 15.9 Å². The molecule has 1 N–H and O–H groups in total. The van der Waals surface area contributed by atoms with Gasteiger partial charge < -0.3 is 10.1 Å². The lowest BCUT2D eigenvalue weighted by atomic mass is 10.2. The van der Waals surface area contributed by atoms with E-state index < -0.39 is 0 Å². The van der Waals surface area contributed by atoms with Crippen LogP contribution in [0.2, 0.25) is 0 Å². The number of rotatable bonds is 4. The van der Waals surface area contributed by atoms with Crippen LogP contribution in [0.15, 0.2) is 28.2 Å². The Morgan fingerprint density at radius 3 is 3.08 bits per heavy atom. The SMILES string of the molecule is Cc1nc(CC(=O)Nc2cc(Br)cc3nn(C4CCCCO4)cc23)cs1. The number of hydrogen-bond donors (Lipinski definition) is 1. The van der Waals surface area contributed by atoms with Crippen molar-refractivity contribution in [3.05, 3.63) is 38.9 Å². The molecule has 1 amide bonds. The number of aryl methyl sites for hydroxylation is 1. The van der Waals surface area contributed by atoms with Crippen molar-refractivity contribution < 1.29 is 9.53 Å². The first-order valence-corrected chi connectivity index (χ1v) is 10.3. The van der Waals surface area contributed by atoms with Crippen molar-refractivity contribution in [2.45, 2.75) is 38.8 Å². The molecule has 1 fully saturated rings. The van der Waals surface area contributed by atoms with E-state index in [0.717, 1.165) is 57.6 Å². The molecule has 136 valence electrons. The van der Waals surface area contributed by atoms with Gasteiger partial charge in [0.05, 0.1) is 28.3 Å². The molecule has 1 aliphatic heterocycles. The van der Waals surface area contributed by atoms with Crippen LogP contribution in [0.4, 0.5) is 5.69 Å². The van der Waals surface area contributed by atoms with Crippen molar-refractivity contribution in [2.24, 2.45) is 0 Å². The summed E-state index contributed by atoms with van der Waals surface area (Å²) in [6.45, 7) is 2.70. The highest BCUT2D eigenvalue weighted by Gasteiger charge is 2.19. The quantitative estimate of drug-likeness (QED) is 0.658. The summed E-state index contributed by atoms with van der Waals surface area (Å²) in [6.07, 6.45) is 5.39. The molecule has 0 bridgehead atoms. The zero-order valence-corrected chi connectivity index (χ0v) is 16.8. The average molecular weight is 435 g/mol. The van der Waals surface area contributed by atoms with E-state index in [1.807, 2.05) is 35.3 Å². The number of anilines is 1. The van der Waals surface area contributed by atoms with Gasteiger partial charge in [0.2, 0.25) is 5.91 Å². The first kappa shape index (κ1) is 17.6. The van der Waals surface area contributed by atoms with Crippen molar-refractivity contribution in [1.29, 1.82) is 0 Å². The second-order valence-corrected chi connectivity index (χ2v) is 8.38. The number of halogens is 1. The number of ether oxygens (including phenoxy) is 1. The lowest BCUT2D eigenvalue weighted by Crippen LogP contribution is -2.18. The van der Waals surface area contributed by atoms with Crippen LogP contribution in [0.25, 0.3) is 10.9 Å². The summed E-state index contributed by atoms with van der Waals surface area (Å²) in [4.78, 5) is 16.8. The van der Waals surface area contributed by atoms with E-state index in [1.165, 1.54) is 0 Å². The van der Waals surface area contributed by atoms with Gasteiger partial charge in [0.25, 0.3) is 0 Å². The maximum Gasteiger partial charge on any atom is 0.230 e. The molecule has 8 heteroatoms. The van der Waals surface area contributed by atoms with Crippen molar-refractivity contribution in [3.63, 3.8) is 0 Å². The van der Waals surface area contributed by atoms with Gasteiger partial charge in [0, 0.05) is 28.0 Å². The second kappa shape index (κ2) is 7.46. The van der Waals surface area contributed by atoms with Crippen LogP contribution in [-0.2, 0) is 16.0 Å². The Morgan fingerprint density at radius 2 is 2.35 bits per heavy atom. The van der Waals surface area contributed by atoms with E-state index in [2.05, 4.69) is 31.3 Å². The Labute approximate surface area is 163 Å². The summed E-state index contributed by atoms with van der Waals surface area (Å²) in [6, 6.07) is 3.86. The number of fused-ring (bicyclic) bond motifs is 1. The maximum absolute atomic E-state index is 12.4. The molecular weight excluding hydrogens is 416 g/mol. The molecule has 2 aromatic heterocycles. The van der Waals surface area contributed by atoms with Gasteiger partial charge in [-0.2, -0.15) is 5.10 Å². The summed E-state index contributed by atoms with van der Waals surface area (Å²) < 4.78 is 8.57. The summed E-state index contributed by atoms with van der Waals surface area (Å²) in [7, 11) is 0. The Balaban J connectivity index is 1.59. The van der Waals surface area contributed by atoms with Crippen LogP contribution < -0.4 is 5.32 Å². The summed E-state index contributed by atoms with van der Waals surface area (Å²) in [5.74, 6) is -0.0867. The van der Waals surface area contributed by atoms with Crippen LogP contribution in [-0.4, -0.2) is 27.3 Å². The fourth-order valence-corrected chi connectivity index (χ4v) is 4.20. The normalized spacial score (nSPS) is 17.5. The van der Waals surface area contributed by atoms with E-state index in [9.17, 15) is 4.79 Å². The van der Waals surface area contributed by atoms with Crippen molar-refractivity contribution in [2.75, 3.05) is 11.9 Å². The lowest BCUT2D eigenvalue weighted by molar-refractivity contribution is -0.115. The highest BCUT2D eigenvalue weighted by molar-refractivity contribution is 9.10. The molecule has 0 radical (unpaired) electrons. The van der Waals surface area contributed by atoms with Gasteiger partial charge in [0.15, 0.2) is 0 Å². The molecule has 1 saturated heterocycles. The minimum atomic E-state index is -0.0867. The third-order valence-corrected chi connectivity index (χ3v) is 5.62. The fourth-order valence-electron chi connectivity index (χ4n) is 3.14. The maximum atomic E-state index is 12.4. The molecule has 6 nitrogen and oxygen atoms in total. The predicted octanol–water partition coefficient (Wildman–Crippen LogP) is 4.44. The number of nitrogens with one attached hydrogen (secondary N) is 1. The Kier molecular flexibility index (Phi) is 5.06. The molecular formula is C18H19BrN4O2S. The lowest BCUT2D eigenvalue weighted by Gasteiger charge is -2.22. The molecule has 0 aliphatic carbocycles. The Morgan fingerprint density at radius 1 is 1.46 bits per heavy atom. The summed E-state index contributed by atoms with van der Waals surface area (Å²) >= 11 is 5.06. The minimum absolute atomic E-state index is 0.0311. The van der Waals surface area contributed by atoms with Gasteiger partial charge in [-0.25, -0.2) is 9.67 Å². The highest BCUT2D eigenvalue weighted by Crippen LogP contribution is 2.30. The van der Waals surface area contributed by atoms with E-state index in [4.69, 9.17) is 4.74 Å². The largest absolute Gasteiger partial charge is 0.357 e. The molecule has 0 spiro atoms. The highest BCUT2D eigenvalue weighted by atomic mass is 79.9. The second-order valence-electron chi connectivity index (χ2n) is 6.40. The van der Waals surface area contributed by atoms with Crippen LogP contribution >= 0.6 is 27.3 Å². The zero-order valence-electron chi connectivity index (χ0n) is 14.4. The first-order chi connectivity index (χ1) is 12.6. The van der Waals surface area contributed by atoms with Gasteiger partial charge in [0.1, 0.15) is 6.23 Å². The number of hydrogen-bond acceptors (Lipinski definition) is 5. The van der Waals surface area contributed by atoms with Gasteiger partial charge >= 0.3 is 0 Å². The molecule has 3 heterocycles. The molecule has 3 aromatic rings. The van der Waals surface area contributed by atoms with Crippen molar-refractivity contribution in [3.8, 4) is 0 Å². The number of carbonyl (C=O) groups is 1. The molecule has 4 rings (SSSR count). The number of benzene rings is 1. The van der Waals surface area contributed by atoms with Gasteiger partial charge in [-0.05, 0) is 38.3 Å². The standard InChI is InChI=1S/C18H19BrN4O2S/c1-11-20-13(10-26-11)8-17(24)21-15-6-12(19)7-16-14(15)9-23(22-16)18-4-2-3-5-25-18/h6-7,9-10,18H,2-5,8H2,1H3,(H,21,24). The molecule has 1 unspecified atom stereocenters. The van der Waals surface area contributed by atoms with E-state index in [-0.39, 0.29) is 18.6 Å². The van der Waals surface area contributed by atoms with E-state index in [1.54, 1.807) is 11.3 Å². The summed E-state index contributed by atoms with van der Waals surface area (Å²) in [5, 5.41) is 11.4. The van der Waals surface area contributed by atoms with Crippen LogP contribution in [0.3, 0.4) is 0 Å². The Bertz CT molecular complexity index is 946. The van der Waals surface area contributed by atoms with Gasteiger partial charge in [-0.15, -0.1) is 11.3 Å². The number of thiazole rings is 1. The monoisotopic (exact) mass is 434 g/mol. The number of amides is 1. The Hall–Kier alpha value is -1.77. The molecule has 1 aromatic carbocycles. The minimum Gasteiger partial charge on any atom is -0.357 e. The fraction of sp³-hybridized carbons (Fsp3) is 0.389. The van der Waals surface area contributed by atoms with E-state index >= 15 is 0 Å². The van der Waals surface area contributed by atoms with E-state index in [0.29, 0.717) is 0 Å². The number of nitrogens with zero attached hydrogens (tertiary/aromatic N) is 3. The third-order valence-electron chi connectivity index (χ3n) is 4.34. The molecule has 0 saturated carbocycles. The first-order valence-electron chi connectivity index (χ1n) is 8.59. The number of carbonyl (C=O) groups excluding carboxylic acids is 1. The molecule has 26 heavy (non-hydrogen) atoms. The van der Waals surface area contributed by atoms with Crippen LogP contribution in [0.1, 0.15) is 36.2 Å². The van der Waals surface area contributed by atoms with Crippen molar-refractivity contribution >= 4 is 49.8 Å². The molecule has 1 atom stereocenters. The smallest absolute Gasteiger partial charge is 0.230 e. The van der Waals surface area contributed by atoms with Crippen molar-refractivity contribution in [1.82, 2.24) is 14.8 Å². The third kappa shape index (κ3) is 3.82. The number of aromatic nitrogens is 3. The zero-order chi connectivity index (χ0) is 18.1. The van der Waals surface area contributed by atoms with Crippen LogP contribution in [0.5, 0.6) is 0 Å².